The summed E-state index contributed by atoms with van der Waals surface area (Å²) in [5.74, 6) is 1.39. The highest BCUT2D eigenvalue weighted by molar-refractivity contribution is 5.84. The van der Waals surface area contributed by atoms with Gasteiger partial charge in [-0.25, -0.2) is 0 Å². The zero-order chi connectivity index (χ0) is 21.8. The van der Waals surface area contributed by atoms with Gasteiger partial charge in [0.25, 0.3) is 5.91 Å². The van der Waals surface area contributed by atoms with Crippen LogP contribution in [0, 0.1) is 0 Å². The normalized spacial score (nSPS) is 11.5. The van der Waals surface area contributed by atoms with Crippen LogP contribution in [0.15, 0.2) is 77.3 Å². The van der Waals surface area contributed by atoms with Crippen LogP contribution in [0.1, 0.15) is 26.7 Å². The lowest BCUT2D eigenvalue weighted by Crippen LogP contribution is -2.47. The zero-order valence-corrected chi connectivity index (χ0v) is 17.9. The Morgan fingerprint density at radius 2 is 1.68 bits per heavy atom. The van der Waals surface area contributed by atoms with Crippen LogP contribution < -0.4 is 4.74 Å². The molecule has 6 nitrogen and oxygen atoms in total. The van der Waals surface area contributed by atoms with Crippen molar-refractivity contribution in [3.05, 3.63) is 78.7 Å². The van der Waals surface area contributed by atoms with Gasteiger partial charge in [0.2, 0.25) is 11.7 Å². The molecule has 0 fully saturated rings. The third-order valence-electron chi connectivity index (χ3n) is 4.99. The molecule has 0 saturated heterocycles. The molecule has 0 atom stereocenters. The van der Waals surface area contributed by atoms with Gasteiger partial charge in [-0.3, -0.25) is 4.79 Å². The van der Waals surface area contributed by atoms with Crippen LogP contribution in [0.5, 0.6) is 5.75 Å². The summed E-state index contributed by atoms with van der Waals surface area (Å²) in [6, 6.07) is 23.4. The summed E-state index contributed by atoms with van der Waals surface area (Å²) in [5, 5.41) is 6.24. The van der Waals surface area contributed by atoms with Crippen LogP contribution in [0.4, 0.5) is 0 Å². The Morgan fingerprint density at radius 3 is 2.42 bits per heavy atom. The number of hydrogen-bond acceptors (Lipinski definition) is 5. The van der Waals surface area contributed by atoms with Crippen molar-refractivity contribution in [3.63, 3.8) is 0 Å². The predicted octanol–water partition coefficient (Wildman–Crippen LogP) is 5.10. The highest BCUT2D eigenvalue weighted by atomic mass is 16.5. The summed E-state index contributed by atoms with van der Waals surface area (Å²) in [6.07, 6.45) is 0. The molecule has 1 heterocycles. The third kappa shape index (κ3) is 4.91. The molecule has 0 saturated carbocycles. The van der Waals surface area contributed by atoms with Crippen molar-refractivity contribution in [1.29, 1.82) is 0 Å². The van der Waals surface area contributed by atoms with Crippen LogP contribution in [0.3, 0.4) is 0 Å². The maximum absolute atomic E-state index is 13.0. The van der Waals surface area contributed by atoms with Gasteiger partial charge in [-0.2, -0.15) is 4.98 Å². The maximum atomic E-state index is 13.0. The summed E-state index contributed by atoms with van der Waals surface area (Å²) in [5.41, 5.74) is 0.427. The number of nitrogens with zero attached hydrogens (tertiary/aromatic N) is 3. The maximum Gasteiger partial charge on any atom is 0.261 e. The van der Waals surface area contributed by atoms with Gasteiger partial charge in [0.15, 0.2) is 6.61 Å². The minimum Gasteiger partial charge on any atom is -0.484 e. The fraction of sp³-hybridized carbons (Fsp3) is 0.240. The minimum atomic E-state index is -0.439. The number of benzene rings is 3. The van der Waals surface area contributed by atoms with Crippen molar-refractivity contribution in [1.82, 2.24) is 15.0 Å². The molecule has 0 aliphatic heterocycles. The fourth-order valence-electron chi connectivity index (χ4n) is 3.34. The smallest absolute Gasteiger partial charge is 0.261 e. The summed E-state index contributed by atoms with van der Waals surface area (Å²) >= 11 is 0. The molecule has 1 amide bonds. The summed E-state index contributed by atoms with van der Waals surface area (Å²) in [6.45, 7) is 6.04. The van der Waals surface area contributed by atoms with E-state index in [4.69, 9.17) is 9.26 Å². The fourth-order valence-corrected chi connectivity index (χ4v) is 3.34. The summed E-state index contributed by atoms with van der Waals surface area (Å²) in [7, 11) is 0. The largest absolute Gasteiger partial charge is 0.484 e. The highest BCUT2D eigenvalue weighted by Gasteiger charge is 2.29. The second-order valence-electron chi connectivity index (χ2n) is 8.33. The topological polar surface area (TPSA) is 68.5 Å². The first-order valence-electron chi connectivity index (χ1n) is 10.2. The predicted molar refractivity (Wildman–Crippen MR) is 119 cm³/mol. The quantitative estimate of drug-likeness (QED) is 0.438. The van der Waals surface area contributed by atoms with E-state index in [9.17, 15) is 4.79 Å². The Hall–Kier alpha value is -3.67. The second-order valence-corrected chi connectivity index (χ2v) is 8.33. The SMILES string of the molecule is CC(C)(C)N(Cc1nc(-c2ccccc2)no1)C(=O)COc1ccc2ccccc2c1. The minimum absolute atomic E-state index is 0.0741. The highest BCUT2D eigenvalue weighted by Crippen LogP contribution is 2.22. The van der Waals surface area contributed by atoms with Gasteiger partial charge < -0.3 is 14.2 Å². The monoisotopic (exact) mass is 415 g/mol. The van der Waals surface area contributed by atoms with Crippen molar-refractivity contribution < 1.29 is 14.1 Å². The van der Waals surface area contributed by atoms with E-state index in [1.807, 2.05) is 93.6 Å². The molecule has 0 radical (unpaired) electrons. The number of aromatic nitrogens is 2. The van der Waals surface area contributed by atoms with Crippen molar-refractivity contribution in [2.75, 3.05) is 6.61 Å². The first-order valence-corrected chi connectivity index (χ1v) is 10.2. The van der Waals surface area contributed by atoms with Crippen molar-refractivity contribution >= 4 is 16.7 Å². The Morgan fingerprint density at radius 1 is 0.968 bits per heavy atom. The van der Waals surface area contributed by atoms with E-state index in [0.717, 1.165) is 16.3 Å². The van der Waals surface area contributed by atoms with Gasteiger partial charge in [-0.05, 0) is 43.7 Å². The van der Waals surface area contributed by atoms with Crippen LogP contribution in [-0.2, 0) is 11.3 Å². The number of ether oxygens (including phenoxy) is 1. The van der Waals surface area contributed by atoms with Gasteiger partial charge >= 0.3 is 0 Å². The zero-order valence-electron chi connectivity index (χ0n) is 17.9. The van der Waals surface area contributed by atoms with E-state index in [2.05, 4.69) is 10.1 Å². The number of rotatable bonds is 6. The molecular weight excluding hydrogens is 390 g/mol. The Balaban J connectivity index is 1.46. The Labute approximate surface area is 181 Å². The van der Waals surface area contributed by atoms with E-state index in [0.29, 0.717) is 17.5 Å². The number of fused-ring (bicyclic) bond motifs is 1. The van der Waals surface area contributed by atoms with Gasteiger partial charge in [-0.15, -0.1) is 0 Å². The molecule has 3 aromatic carbocycles. The number of carbonyl (C=O) groups is 1. The molecule has 1 aromatic heterocycles. The molecule has 0 N–H and O–H groups in total. The van der Waals surface area contributed by atoms with Gasteiger partial charge in [0.05, 0.1) is 0 Å². The van der Waals surface area contributed by atoms with Crippen molar-refractivity contribution in [2.45, 2.75) is 32.9 Å². The molecule has 0 aliphatic rings. The molecule has 6 heteroatoms. The molecular formula is C25H25N3O3. The molecule has 0 bridgehead atoms. The lowest BCUT2D eigenvalue weighted by molar-refractivity contribution is -0.139. The molecule has 31 heavy (non-hydrogen) atoms. The van der Waals surface area contributed by atoms with Crippen LogP contribution >= 0.6 is 0 Å². The molecule has 4 rings (SSSR count). The Bertz CT molecular complexity index is 1180. The van der Waals surface area contributed by atoms with E-state index in [-0.39, 0.29) is 19.1 Å². The number of carbonyl (C=O) groups excluding carboxylic acids is 1. The first kappa shape index (κ1) is 20.6. The van der Waals surface area contributed by atoms with E-state index in [1.165, 1.54) is 0 Å². The van der Waals surface area contributed by atoms with E-state index < -0.39 is 5.54 Å². The third-order valence-corrected chi connectivity index (χ3v) is 4.99. The van der Waals surface area contributed by atoms with Crippen LogP contribution in [0.25, 0.3) is 22.2 Å². The van der Waals surface area contributed by atoms with Crippen LogP contribution in [-0.4, -0.2) is 33.1 Å². The summed E-state index contributed by atoms with van der Waals surface area (Å²) in [4.78, 5) is 19.2. The lowest BCUT2D eigenvalue weighted by Gasteiger charge is -2.34. The van der Waals surface area contributed by atoms with Crippen molar-refractivity contribution in [3.8, 4) is 17.1 Å². The Kier molecular flexibility index (Phi) is 5.71. The molecule has 0 aliphatic carbocycles. The standard InChI is InChI=1S/C25H25N3O3/c1-25(2,3)28(16-22-26-24(27-31-22)19-10-5-4-6-11-19)23(29)17-30-21-14-13-18-9-7-8-12-20(18)15-21/h4-15H,16-17H2,1-3H3. The molecule has 158 valence electrons. The van der Waals surface area contributed by atoms with Gasteiger partial charge in [0.1, 0.15) is 12.3 Å². The van der Waals surface area contributed by atoms with Crippen molar-refractivity contribution in [2.24, 2.45) is 0 Å². The summed E-state index contributed by atoms with van der Waals surface area (Å²) < 4.78 is 11.2. The van der Waals surface area contributed by atoms with Gasteiger partial charge in [0, 0.05) is 11.1 Å². The van der Waals surface area contributed by atoms with E-state index >= 15 is 0 Å². The number of hydrogen-bond donors (Lipinski definition) is 0. The van der Waals surface area contributed by atoms with Gasteiger partial charge in [-0.1, -0.05) is 65.8 Å². The number of amides is 1. The van der Waals surface area contributed by atoms with Crippen LogP contribution in [0.2, 0.25) is 0 Å². The first-order chi connectivity index (χ1) is 14.9. The van der Waals surface area contributed by atoms with E-state index in [1.54, 1.807) is 4.90 Å². The molecule has 0 unspecified atom stereocenters. The lowest BCUT2D eigenvalue weighted by atomic mass is 10.1. The average Bonchev–Trinajstić information content (AvgIpc) is 3.24. The molecule has 4 aromatic rings. The molecule has 0 spiro atoms. The average molecular weight is 415 g/mol. The second kappa shape index (κ2) is 8.60.